The van der Waals surface area contributed by atoms with Gasteiger partial charge in [-0.25, -0.2) is 4.98 Å². The molecule has 0 unspecified atom stereocenters. The summed E-state index contributed by atoms with van der Waals surface area (Å²) >= 11 is 0. The summed E-state index contributed by atoms with van der Waals surface area (Å²) in [6.07, 6.45) is 1.89. The van der Waals surface area contributed by atoms with Gasteiger partial charge in [0.2, 0.25) is 0 Å². The largest absolute Gasteiger partial charge is 0.488 e. The van der Waals surface area contributed by atoms with Crippen LogP contribution in [0.15, 0.2) is 48.7 Å². The van der Waals surface area contributed by atoms with Crippen LogP contribution in [0.25, 0.3) is 33.1 Å². The van der Waals surface area contributed by atoms with Crippen molar-refractivity contribution in [1.82, 2.24) is 14.8 Å². The van der Waals surface area contributed by atoms with Gasteiger partial charge in [-0.1, -0.05) is 18.2 Å². The van der Waals surface area contributed by atoms with Gasteiger partial charge in [0.25, 0.3) is 0 Å². The van der Waals surface area contributed by atoms with Crippen molar-refractivity contribution in [3.63, 3.8) is 0 Å². The summed E-state index contributed by atoms with van der Waals surface area (Å²) in [6.45, 7) is 0.570. The van der Waals surface area contributed by atoms with Crippen LogP contribution in [0.1, 0.15) is 5.56 Å². The average Bonchev–Trinajstić information content (AvgIpc) is 2.95. The van der Waals surface area contributed by atoms with Crippen molar-refractivity contribution in [2.75, 3.05) is 0 Å². The molecule has 0 spiro atoms. The van der Waals surface area contributed by atoms with Crippen LogP contribution in [0.2, 0.25) is 0 Å². The minimum Gasteiger partial charge on any atom is -0.488 e. The first-order valence-electron chi connectivity index (χ1n) is 7.28. The third-order valence-electron chi connectivity index (χ3n) is 4.32. The Morgan fingerprint density at radius 2 is 2.05 bits per heavy atom. The van der Waals surface area contributed by atoms with E-state index in [9.17, 15) is 0 Å². The second kappa shape index (κ2) is 4.07. The molecule has 22 heavy (non-hydrogen) atoms. The molecule has 0 saturated carbocycles. The van der Waals surface area contributed by atoms with E-state index in [0.29, 0.717) is 6.61 Å². The molecule has 3 heterocycles. The lowest BCUT2D eigenvalue weighted by Gasteiger charge is -2.20. The number of hydrogen-bond donors (Lipinski definition) is 0. The minimum atomic E-state index is 0.570. The lowest BCUT2D eigenvalue weighted by Crippen LogP contribution is -2.07. The number of ether oxygens (including phenoxy) is 1. The number of aryl methyl sites for hydroxylation is 1. The fraction of sp³-hybridized carbons (Fsp3) is 0.111. The van der Waals surface area contributed by atoms with Crippen LogP contribution in [0.4, 0.5) is 0 Å². The zero-order chi connectivity index (χ0) is 14.7. The van der Waals surface area contributed by atoms with Crippen LogP contribution >= 0.6 is 0 Å². The van der Waals surface area contributed by atoms with Gasteiger partial charge in [-0.2, -0.15) is 5.10 Å². The van der Waals surface area contributed by atoms with E-state index >= 15 is 0 Å². The zero-order valence-electron chi connectivity index (χ0n) is 12.1. The standard InChI is InChI=1S/C18H13N3O/c1-21-15-7-6-11-8-12-10-22-16-5-3-2-4-13(16)18(12)20-17(11)14(15)9-19-21/h2-9H,10H2,1H3. The van der Waals surface area contributed by atoms with E-state index in [1.807, 2.05) is 36.1 Å². The van der Waals surface area contributed by atoms with Crippen LogP contribution < -0.4 is 4.74 Å². The Morgan fingerprint density at radius 1 is 1.14 bits per heavy atom. The summed E-state index contributed by atoms with van der Waals surface area (Å²) in [7, 11) is 1.95. The van der Waals surface area contributed by atoms with Crippen molar-refractivity contribution in [2.24, 2.45) is 7.05 Å². The third-order valence-corrected chi connectivity index (χ3v) is 4.32. The predicted molar refractivity (Wildman–Crippen MR) is 85.8 cm³/mol. The normalized spacial score (nSPS) is 13.0. The lowest BCUT2D eigenvalue weighted by atomic mass is 10.00. The van der Waals surface area contributed by atoms with E-state index < -0.39 is 0 Å². The first-order valence-corrected chi connectivity index (χ1v) is 7.28. The van der Waals surface area contributed by atoms with E-state index in [1.54, 1.807) is 0 Å². The number of pyridine rings is 1. The summed E-state index contributed by atoms with van der Waals surface area (Å²) in [6, 6.07) is 14.5. The van der Waals surface area contributed by atoms with Gasteiger partial charge in [0.1, 0.15) is 12.4 Å². The van der Waals surface area contributed by atoms with Gasteiger partial charge in [0, 0.05) is 28.9 Å². The number of fused-ring (bicyclic) bond motifs is 6. The molecule has 4 aromatic rings. The first-order chi connectivity index (χ1) is 10.8. The number of aromatic nitrogens is 3. The fourth-order valence-electron chi connectivity index (χ4n) is 3.20. The van der Waals surface area contributed by atoms with Gasteiger partial charge < -0.3 is 4.74 Å². The Morgan fingerprint density at radius 3 is 3.00 bits per heavy atom. The van der Waals surface area contributed by atoms with Gasteiger partial charge in [0.15, 0.2) is 0 Å². The molecule has 0 aliphatic carbocycles. The van der Waals surface area contributed by atoms with E-state index in [4.69, 9.17) is 9.72 Å². The molecule has 2 aromatic carbocycles. The molecular weight excluding hydrogens is 274 g/mol. The number of benzene rings is 2. The van der Waals surface area contributed by atoms with Gasteiger partial charge in [-0.15, -0.1) is 0 Å². The van der Waals surface area contributed by atoms with Crippen molar-refractivity contribution in [3.8, 4) is 17.0 Å². The molecule has 0 saturated heterocycles. The molecule has 0 atom stereocenters. The third kappa shape index (κ3) is 1.46. The molecule has 5 rings (SSSR count). The second-order valence-electron chi connectivity index (χ2n) is 5.62. The van der Waals surface area contributed by atoms with Gasteiger partial charge >= 0.3 is 0 Å². The van der Waals surface area contributed by atoms with Crippen LogP contribution in [0.5, 0.6) is 5.75 Å². The van der Waals surface area contributed by atoms with Gasteiger partial charge in [0.05, 0.1) is 22.9 Å². The average molecular weight is 287 g/mol. The van der Waals surface area contributed by atoms with Crippen LogP contribution in [0, 0.1) is 0 Å². The van der Waals surface area contributed by atoms with Crippen LogP contribution in [-0.2, 0) is 13.7 Å². The Kier molecular flexibility index (Phi) is 2.17. The Bertz CT molecular complexity index is 1050. The van der Waals surface area contributed by atoms with Crippen molar-refractivity contribution in [2.45, 2.75) is 6.61 Å². The second-order valence-corrected chi connectivity index (χ2v) is 5.62. The topological polar surface area (TPSA) is 39.9 Å². The summed E-state index contributed by atoms with van der Waals surface area (Å²) < 4.78 is 7.72. The predicted octanol–water partition coefficient (Wildman–Crippen LogP) is 3.68. The summed E-state index contributed by atoms with van der Waals surface area (Å²) in [5.74, 6) is 0.903. The van der Waals surface area contributed by atoms with Crippen LogP contribution in [0.3, 0.4) is 0 Å². The van der Waals surface area contributed by atoms with E-state index in [2.05, 4.69) is 29.4 Å². The van der Waals surface area contributed by atoms with Gasteiger partial charge in [-0.3, -0.25) is 4.68 Å². The molecule has 1 aliphatic heterocycles. The van der Waals surface area contributed by atoms with Crippen molar-refractivity contribution in [1.29, 1.82) is 0 Å². The molecule has 0 amide bonds. The minimum absolute atomic E-state index is 0.570. The van der Waals surface area contributed by atoms with Crippen LogP contribution in [-0.4, -0.2) is 14.8 Å². The fourth-order valence-corrected chi connectivity index (χ4v) is 3.20. The molecule has 0 fully saturated rings. The molecule has 4 heteroatoms. The number of nitrogens with zero attached hydrogens (tertiary/aromatic N) is 3. The summed E-state index contributed by atoms with van der Waals surface area (Å²) in [4.78, 5) is 4.97. The van der Waals surface area contributed by atoms with Gasteiger partial charge in [-0.05, 0) is 24.3 Å². The highest BCUT2D eigenvalue weighted by Crippen LogP contribution is 2.38. The highest BCUT2D eigenvalue weighted by Gasteiger charge is 2.19. The maximum Gasteiger partial charge on any atom is 0.129 e. The van der Waals surface area contributed by atoms with E-state index in [1.165, 1.54) is 0 Å². The Balaban J connectivity index is 1.90. The Hall–Kier alpha value is -2.88. The highest BCUT2D eigenvalue weighted by molar-refractivity contribution is 6.04. The first kappa shape index (κ1) is 11.7. The zero-order valence-corrected chi connectivity index (χ0v) is 12.1. The summed E-state index contributed by atoms with van der Waals surface area (Å²) in [5.41, 5.74) is 5.31. The maximum atomic E-state index is 5.83. The SMILES string of the molecule is Cn1ncc2c3nc4c(cc3ccc21)COc1ccccc1-4. The molecule has 0 N–H and O–H groups in total. The molecule has 1 aliphatic rings. The van der Waals surface area contributed by atoms with Crippen molar-refractivity contribution < 1.29 is 4.74 Å². The number of para-hydroxylation sites is 1. The Labute approximate surface area is 127 Å². The highest BCUT2D eigenvalue weighted by atomic mass is 16.5. The smallest absolute Gasteiger partial charge is 0.129 e. The molecule has 2 aromatic heterocycles. The number of hydrogen-bond acceptors (Lipinski definition) is 3. The number of rotatable bonds is 0. The lowest BCUT2D eigenvalue weighted by molar-refractivity contribution is 0.302. The van der Waals surface area contributed by atoms with E-state index in [0.717, 1.165) is 44.4 Å². The van der Waals surface area contributed by atoms with E-state index in [-0.39, 0.29) is 0 Å². The maximum absolute atomic E-state index is 5.83. The quantitative estimate of drug-likeness (QED) is 0.495. The monoisotopic (exact) mass is 287 g/mol. The molecular formula is C18H13N3O. The van der Waals surface area contributed by atoms with Crippen molar-refractivity contribution >= 4 is 21.8 Å². The summed E-state index contributed by atoms with van der Waals surface area (Å²) in [5, 5.41) is 6.57. The van der Waals surface area contributed by atoms with Crippen molar-refractivity contribution in [3.05, 3.63) is 54.2 Å². The molecule has 4 nitrogen and oxygen atoms in total. The molecule has 0 radical (unpaired) electrons. The molecule has 0 bridgehead atoms. The molecule has 106 valence electrons.